The van der Waals surface area contributed by atoms with Crippen molar-refractivity contribution in [3.05, 3.63) is 100 Å². The summed E-state index contributed by atoms with van der Waals surface area (Å²) >= 11 is 0. The molecule has 0 radical (unpaired) electrons. The van der Waals surface area contributed by atoms with Crippen molar-refractivity contribution in [3.8, 4) is 0 Å². The van der Waals surface area contributed by atoms with Crippen LogP contribution in [0.15, 0.2) is 66.7 Å². The molecule has 26 heavy (non-hydrogen) atoms. The molecule has 0 saturated heterocycles. The van der Waals surface area contributed by atoms with Crippen LogP contribution in [0.2, 0.25) is 0 Å². The molecule has 0 bridgehead atoms. The Morgan fingerprint density at radius 1 is 0.808 bits per heavy atom. The fourth-order valence-corrected chi connectivity index (χ4v) is 3.63. The van der Waals surface area contributed by atoms with Gasteiger partial charge in [-0.15, -0.1) is 0 Å². The van der Waals surface area contributed by atoms with E-state index in [-0.39, 0.29) is 5.97 Å². The number of ether oxygens (including phenoxy) is 1. The number of cyclic esters (lactones) is 1. The van der Waals surface area contributed by atoms with Crippen molar-refractivity contribution in [3.63, 3.8) is 0 Å². The van der Waals surface area contributed by atoms with E-state index in [9.17, 15) is 4.79 Å². The molecule has 0 saturated carbocycles. The van der Waals surface area contributed by atoms with Gasteiger partial charge in [-0.25, -0.2) is 4.79 Å². The van der Waals surface area contributed by atoms with E-state index in [1.165, 1.54) is 11.1 Å². The smallest absolute Gasteiger partial charge is 0.341 e. The third-order valence-corrected chi connectivity index (χ3v) is 4.91. The maximum atomic E-state index is 12.6. The number of benzene rings is 3. The van der Waals surface area contributed by atoms with Crippen molar-refractivity contribution in [1.29, 1.82) is 0 Å². The van der Waals surface area contributed by atoms with E-state index in [0.29, 0.717) is 5.56 Å². The number of esters is 1. The summed E-state index contributed by atoms with van der Waals surface area (Å²) in [6.07, 6.45) is 0. The zero-order valence-corrected chi connectivity index (χ0v) is 15.2. The number of anilines is 1. The van der Waals surface area contributed by atoms with Crippen LogP contribution in [-0.4, -0.2) is 5.97 Å². The Labute approximate surface area is 153 Å². The number of hydrogen-bond acceptors (Lipinski definition) is 3. The number of aryl methyl sites for hydroxylation is 3. The lowest BCUT2D eigenvalue weighted by molar-refractivity contribution is 0.0211. The highest BCUT2D eigenvalue weighted by molar-refractivity contribution is 5.96. The molecule has 1 N–H and O–H groups in total. The largest absolute Gasteiger partial charge is 0.427 e. The van der Waals surface area contributed by atoms with Crippen LogP contribution in [0.4, 0.5) is 5.69 Å². The van der Waals surface area contributed by atoms with Gasteiger partial charge in [-0.3, -0.25) is 0 Å². The Hall–Kier alpha value is -3.07. The third-order valence-electron chi connectivity index (χ3n) is 4.91. The summed E-state index contributed by atoms with van der Waals surface area (Å²) in [5, 5.41) is 3.50. The maximum Gasteiger partial charge on any atom is 0.341 e. The van der Waals surface area contributed by atoms with Crippen molar-refractivity contribution < 1.29 is 9.53 Å². The molecule has 3 nitrogen and oxygen atoms in total. The van der Waals surface area contributed by atoms with Crippen molar-refractivity contribution in [2.45, 2.75) is 26.5 Å². The molecule has 0 amide bonds. The molecule has 0 aliphatic carbocycles. The summed E-state index contributed by atoms with van der Waals surface area (Å²) in [6, 6.07) is 21.9. The second kappa shape index (κ2) is 6.03. The van der Waals surface area contributed by atoms with E-state index >= 15 is 0 Å². The average Bonchev–Trinajstić information content (AvgIpc) is 2.90. The van der Waals surface area contributed by atoms with E-state index in [0.717, 1.165) is 22.4 Å². The Bertz CT molecular complexity index is 991. The van der Waals surface area contributed by atoms with Crippen LogP contribution < -0.4 is 5.32 Å². The predicted molar refractivity (Wildman–Crippen MR) is 103 cm³/mol. The molecule has 0 fully saturated rings. The third kappa shape index (κ3) is 2.57. The standard InChI is InChI=1S/C23H21NO2/c1-15-8-11-18(12-9-15)24-23(20-13-10-16(2)14-17(20)3)21-7-5-4-6-19(21)22(25)26-23/h4-14,24H,1-3H3. The number of carbonyl (C=O) groups excluding carboxylic acids is 1. The van der Waals surface area contributed by atoms with Crippen LogP contribution in [0.5, 0.6) is 0 Å². The number of fused-ring (bicyclic) bond motifs is 1. The molecular formula is C23H21NO2. The summed E-state index contributed by atoms with van der Waals surface area (Å²) in [7, 11) is 0. The van der Waals surface area contributed by atoms with E-state index in [1.807, 2.05) is 54.6 Å². The van der Waals surface area contributed by atoms with Crippen molar-refractivity contribution in [2.24, 2.45) is 0 Å². The zero-order chi connectivity index (χ0) is 18.3. The van der Waals surface area contributed by atoms with E-state index in [1.54, 1.807) is 0 Å². The van der Waals surface area contributed by atoms with Gasteiger partial charge in [-0.1, -0.05) is 59.7 Å². The fraction of sp³-hybridized carbons (Fsp3) is 0.174. The maximum absolute atomic E-state index is 12.6. The zero-order valence-electron chi connectivity index (χ0n) is 15.2. The van der Waals surface area contributed by atoms with Crippen molar-refractivity contribution in [2.75, 3.05) is 5.32 Å². The minimum atomic E-state index is -1.03. The highest BCUT2D eigenvalue weighted by Gasteiger charge is 2.47. The lowest BCUT2D eigenvalue weighted by Crippen LogP contribution is -2.37. The number of nitrogens with one attached hydrogen (secondary N) is 1. The summed E-state index contributed by atoms with van der Waals surface area (Å²) in [4.78, 5) is 12.6. The van der Waals surface area contributed by atoms with Gasteiger partial charge in [0.15, 0.2) is 0 Å². The average molecular weight is 343 g/mol. The van der Waals surface area contributed by atoms with Crippen molar-refractivity contribution >= 4 is 11.7 Å². The second-order valence-corrected chi connectivity index (χ2v) is 6.93. The summed E-state index contributed by atoms with van der Waals surface area (Å²) in [5.74, 6) is -0.305. The molecule has 0 spiro atoms. The molecule has 3 heteroatoms. The van der Waals surface area contributed by atoms with Crippen molar-refractivity contribution in [1.82, 2.24) is 0 Å². The molecule has 3 aromatic rings. The van der Waals surface area contributed by atoms with Gasteiger partial charge >= 0.3 is 5.97 Å². The quantitative estimate of drug-likeness (QED) is 0.673. The molecule has 4 rings (SSSR count). The Morgan fingerprint density at radius 3 is 2.23 bits per heavy atom. The lowest BCUT2D eigenvalue weighted by atomic mass is 9.89. The first-order chi connectivity index (χ1) is 12.5. The SMILES string of the molecule is Cc1ccc(NC2(c3ccc(C)cc3C)OC(=O)c3ccccc32)cc1. The fourth-order valence-electron chi connectivity index (χ4n) is 3.63. The second-order valence-electron chi connectivity index (χ2n) is 6.93. The topological polar surface area (TPSA) is 38.3 Å². The monoisotopic (exact) mass is 343 g/mol. The molecule has 1 unspecified atom stereocenters. The van der Waals surface area contributed by atoms with Crippen LogP contribution in [0, 0.1) is 20.8 Å². The first-order valence-electron chi connectivity index (χ1n) is 8.75. The van der Waals surface area contributed by atoms with Gasteiger partial charge in [-0.2, -0.15) is 0 Å². The van der Waals surface area contributed by atoms with Crippen LogP contribution in [0.3, 0.4) is 0 Å². The molecule has 130 valence electrons. The molecule has 1 aliphatic rings. The van der Waals surface area contributed by atoms with Gasteiger partial charge < -0.3 is 10.1 Å². The Kier molecular flexibility index (Phi) is 3.80. The predicted octanol–water partition coefficient (Wildman–Crippen LogP) is 5.10. The highest BCUT2D eigenvalue weighted by atomic mass is 16.6. The van der Waals surface area contributed by atoms with E-state index < -0.39 is 5.72 Å². The molecular weight excluding hydrogens is 322 g/mol. The molecule has 3 aromatic carbocycles. The van der Waals surface area contributed by atoms with Gasteiger partial charge in [-0.05, 0) is 44.5 Å². The van der Waals surface area contributed by atoms with Crippen LogP contribution in [-0.2, 0) is 10.5 Å². The Morgan fingerprint density at radius 2 is 1.50 bits per heavy atom. The lowest BCUT2D eigenvalue weighted by Gasteiger charge is -2.33. The number of rotatable bonds is 3. The summed E-state index contributed by atoms with van der Waals surface area (Å²) in [5.41, 5.74) is 5.70. The number of hydrogen-bond donors (Lipinski definition) is 1. The van der Waals surface area contributed by atoms with Gasteiger partial charge in [0.05, 0.1) is 5.56 Å². The summed E-state index contributed by atoms with van der Waals surface area (Å²) < 4.78 is 6.01. The van der Waals surface area contributed by atoms with Crippen LogP contribution in [0.25, 0.3) is 0 Å². The molecule has 1 heterocycles. The van der Waals surface area contributed by atoms with E-state index in [2.05, 4.69) is 38.2 Å². The van der Waals surface area contributed by atoms with Gasteiger partial charge in [0.2, 0.25) is 5.72 Å². The minimum absolute atomic E-state index is 0.305. The first-order valence-corrected chi connectivity index (χ1v) is 8.75. The van der Waals surface area contributed by atoms with Crippen LogP contribution in [0.1, 0.15) is 38.2 Å². The first kappa shape index (κ1) is 16.4. The summed E-state index contributed by atoms with van der Waals surface area (Å²) in [6.45, 7) is 6.16. The number of carbonyl (C=O) groups is 1. The molecule has 1 aliphatic heterocycles. The normalized spacial score (nSPS) is 18.3. The van der Waals surface area contributed by atoms with Gasteiger partial charge in [0.25, 0.3) is 0 Å². The van der Waals surface area contributed by atoms with E-state index in [4.69, 9.17) is 4.74 Å². The van der Waals surface area contributed by atoms with Gasteiger partial charge in [0, 0.05) is 16.8 Å². The molecule has 1 atom stereocenters. The van der Waals surface area contributed by atoms with Crippen LogP contribution >= 0.6 is 0 Å². The van der Waals surface area contributed by atoms with Gasteiger partial charge in [0.1, 0.15) is 0 Å². The molecule has 0 aromatic heterocycles. The highest BCUT2D eigenvalue weighted by Crippen LogP contribution is 2.43. The minimum Gasteiger partial charge on any atom is -0.427 e. The Balaban J connectivity index is 1.93.